The van der Waals surface area contributed by atoms with E-state index in [2.05, 4.69) is 5.32 Å². The third-order valence-corrected chi connectivity index (χ3v) is 4.30. The number of barbiturate groups is 1. The van der Waals surface area contributed by atoms with Gasteiger partial charge in [-0.1, -0.05) is 23.2 Å². The Morgan fingerprint density at radius 1 is 1.11 bits per heavy atom. The lowest BCUT2D eigenvalue weighted by molar-refractivity contribution is -0.122. The molecule has 0 aliphatic carbocycles. The lowest BCUT2D eigenvalue weighted by Crippen LogP contribution is -2.54. The Morgan fingerprint density at radius 3 is 2.41 bits per heavy atom. The summed E-state index contributed by atoms with van der Waals surface area (Å²) in [4.78, 5) is 37.9. The average Bonchev–Trinajstić information content (AvgIpc) is 2.62. The number of carbonyl (C=O) groups excluding carboxylic acids is 3. The van der Waals surface area contributed by atoms with Gasteiger partial charge in [0.25, 0.3) is 11.8 Å². The Bertz CT molecular complexity index is 986. The van der Waals surface area contributed by atoms with Gasteiger partial charge in [0.15, 0.2) is 0 Å². The maximum Gasteiger partial charge on any atom is 0.335 e. The molecule has 1 aliphatic rings. The molecule has 1 saturated heterocycles. The number of ether oxygens (including phenoxy) is 1. The van der Waals surface area contributed by atoms with E-state index in [1.807, 2.05) is 0 Å². The van der Waals surface area contributed by atoms with Crippen molar-refractivity contribution in [3.05, 3.63) is 57.6 Å². The minimum Gasteiger partial charge on any atom is -0.506 e. The number of rotatable bonds is 3. The molecule has 27 heavy (non-hydrogen) atoms. The number of imide groups is 2. The van der Waals surface area contributed by atoms with Gasteiger partial charge in [0.1, 0.15) is 17.1 Å². The van der Waals surface area contributed by atoms with E-state index >= 15 is 0 Å². The average molecular weight is 407 g/mol. The molecule has 1 heterocycles. The second-order valence-corrected chi connectivity index (χ2v) is 6.32. The van der Waals surface area contributed by atoms with E-state index in [0.29, 0.717) is 5.75 Å². The summed E-state index contributed by atoms with van der Waals surface area (Å²) in [7, 11) is 1.48. The number of aromatic hydroxyl groups is 1. The van der Waals surface area contributed by atoms with Crippen LogP contribution < -0.4 is 15.0 Å². The first kappa shape index (κ1) is 18.8. The lowest BCUT2D eigenvalue weighted by atomic mass is 10.1. The summed E-state index contributed by atoms with van der Waals surface area (Å²) >= 11 is 11.8. The highest BCUT2D eigenvalue weighted by molar-refractivity contribution is 6.39. The number of hydrogen-bond donors (Lipinski definition) is 2. The molecule has 0 aromatic heterocycles. The molecule has 2 aromatic rings. The van der Waals surface area contributed by atoms with Crippen molar-refractivity contribution in [2.75, 3.05) is 12.0 Å². The summed E-state index contributed by atoms with van der Waals surface area (Å²) in [5, 5.41) is 12.3. The molecule has 4 amide bonds. The van der Waals surface area contributed by atoms with Crippen LogP contribution in [-0.4, -0.2) is 30.1 Å². The molecule has 1 fully saturated rings. The molecule has 0 saturated carbocycles. The molecule has 0 radical (unpaired) electrons. The second kappa shape index (κ2) is 7.30. The van der Waals surface area contributed by atoms with Crippen LogP contribution in [0.25, 0.3) is 6.08 Å². The standard InChI is InChI=1S/C18H12Cl2N2O5/c1-27-12-4-2-11(3-5-12)22-17(25)13(16(24)21-18(22)26)7-9-6-10(19)8-14(20)15(9)23/h2-8,23H,1H3,(H,21,24,26)/b13-7+. The summed E-state index contributed by atoms with van der Waals surface area (Å²) in [6.45, 7) is 0. The molecule has 0 bridgehead atoms. The van der Waals surface area contributed by atoms with Gasteiger partial charge < -0.3 is 9.84 Å². The minimum absolute atomic E-state index is 0.0406. The first-order valence-corrected chi connectivity index (χ1v) is 8.31. The van der Waals surface area contributed by atoms with Crippen molar-refractivity contribution in [2.45, 2.75) is 0 Å². The molecular formula is C18H12Cl2N2O5. The van der Waals surface area contributed by atoms with Crippen LogP contribution in [0, 0.1) is 0 Å². The number of amides is 4. The maximum absolute atomic E-state index is 12.8. The molecule has 3 rings (SSSR count). The molecule has 9 heteroatoms. The van der Waals surface area contributed by atoms with E-state index in [1.165, 1.54) is 31.4 Å². The fourth-order valence-corrected chi connectivity index (χ4v) is 2.98. The quantitative estimate of drug-likeness (QED) is 0.601. The zero-order valence-electron chi connectivity index (χ0n) is 13.8. The van der Waals surface area contributed by atoms with Crippen LogP contribution in [0.15, 0.2) is 42.0 Å². The van der Waals surface area contributed by atoms with Crippen molar-refractivity contribution in [1.29, 1.82) is 0 Å². The summed E-state index contributed by atoms with van der Waals surface area (Å²) in [5.41, 5.74) is -0.0564. The number of urea groups is 1. The van der Waals surface area contributed by atoms with Gasteiger partial charge in [-0.05, 0) is 42.5 Å². The SMILES string of the molecule is COc1ccc(N2C(=O)NC(=O)/C(=C\c3cc(Cl)cc(Cl)c3O)C2=O)cc1. The highest BCUT2D eigenvalue weighted by Crippen LogP contribution is 2.33. The van der Waals surface area contributed by atoms with Crippen LogP contribution in [0.2, 0.25) is 10.0 Å². The number of hydrogen-bond acceptors (Lipinski definition) is 5. The Morgan fingerprint density at radius 2 is 1.78 bits per heavy atom. The number of benzene rings is 2. The van der Waals surface area contributed by atoms with Gasteiger partial charge >= 0.3 is 6.03 Å². The van der Waals surface area contributed by atoms with Crippen LogP contribution in [0.4, 0.5) is 10.5 Å². The Labute approximate surface area is 163 Å². The molecule has 1 aliphatic heterocycles. The maximum atomic E-state index is 12.8. The number of methoxy groups -OCH3 is 1. The van der Waals surface area contributed by atoms with Gasteiger partial charge in [-0.2, -0.15) is 0 Å². The third kappa shape index (κ3) is 3.60. The fourth-order valence-electron chi connectivity index (χ4n) is 2.47. The zero-order chi connectivity index (χ0) is 19.7. The molecule has 138 valence electrons. The monoisotopic (exact) mass is 406 g/mol. The Kier molecular flexibility index (Phi) is 5.07. The first-order chi connectivity index (χ1) is 12.8. The van der Waals surface area contributed by atoms with Gasteiger partial charge in [-0.25, -0.2) is 9.69 Å². The van der Waals surface area contributed by atoms with Crippen LogP contribution in [-0.2, 0) is 9.59 Å². The van der Waals surface area contributed by atoms with Crippen LogP contribution in [0.1, 0.15) is 5.56 Å². The predicted octanol–water partition coefficient (Wildman–Crippen LogP) is 3.37. The Hall–Kier alpha value is -3.03. The summed E-state index contributed by atoms with van der Waals surface area (Å²) in [6.07, 6.45) is 1.12. The van der Waals surface area contributed by atoms with E-state index in [9.17, 15) is 19.5 Å². The number of phenols is 1. The molecule has 2 aromatic carbocycles. The molecule has 0 spiro atoms. The fraction of sp³-hybridized carbons (Fsp3) is 0.0556. The van der Waals surface area contributed by atoms with Crippen molar-refractivity contribution in [3.8, 4) is 11.5 Å². The van der Waals surface area contributed by atoms with E-state index in [0.717, 1.165) is 11.0 Å². The van der Waals surface area contributed by atoms with E-state index in [-0.39, 0.29) is 32.6 Å². The molecule has 7 nitrogen and oxygen atoms in total. The van der Waals surface area contributed by atoms with E-state index in [4.69, 9.17) is 27.9 Å². The summed E-state index contributed by atoms with van der Waals surface area (Å²) in [6, 6.07) is 7.90. The van der Waals surface area contributed by atoms with Crippen LogP contribution >= 0.6 is 23.2 Å². The topological polar surface area (TPSA) is 95.9 Å². The number of nitrogens with one attached hydrogen (secondary N) is 1. The summed E-state index contributed by atoms with van der Waals surface area (Å²) < 4.78 is 5.04. The molecule has 2 N–H and O–H groups in total. The minimum atomic E-state index is -0.898. The van der Waals surface area contributed by atoms with Gasteiger partial charge in [-0.3, -0.25) is 14.9 Å². The van der Waals surface area contributed by atoms with Crippen LogP contribution in [0.3, 0.4) is 0 Å². The van der Waals surface area contributed by atoms with Crippen molar-refractivity contribution >= 4 is 52.8 Å². The van der Waals surface area contributed by atoms with Crippen molar-refractivity contribution < 1.29 is 24.2 Å². The molecular weight excluding hydrogens is 395 g/mol. The second-order valence-electron chi connectivity index (χ2n) is 5.48. The van der Waals surface area contributed by atoms with Crippen molar-refractivity contribution in [1.82, 2.24) is 5.32 Å². The number of halogens is 2. The van der Waals surface area contributed by atoms with Gasteiger partial charge in [0, 0.05) is 10.6 Å². The largest absolute Gasteiger partial charge is 0.506 e. The number of anilines is 1. The van der Waals surface area contributed by atoms with Crippen molar-refractivity contribution in [2.24, 2.45) is 0 Å². The Balaban J connectivity index is 2.04. The highest BCUT2D eigenvalue weighted by Gasteiger charge is 2.37. The smallest absolute Gasteiger partial charge is 0.335 e. The number of nitrogens with zero attached hydrogens (tertiary/aromatic N) is 1. The number of phenolic OH excluding ortho intramolecular Hbond substituents is 1. The normalized spacial score (nSPS) is 15.9. The van der Waals surface area contributed by atoms with Gasteiger partial charge in [0.2, 0.25) is 0 Å². The summed E-state index contributed by atoms with van der Waals surface area (Å²) in [5.74, 6) is -1.56. The number of carbonyl (C=O) groups is 3. The molecule has 0 atom stereocenters. The van der Waals surface area contributed by atoms with Gasteiger partial charge in [-0.15, -0.1) is 0 Å². The van der Waals surface area contributed by atoms with E-state index < -0.39 is 17.8 Å². The highest BCUT2D eigenvalue weighted by atomic mass is 35.5. The first-order valence-electron chi connectivity index (χ1n) is 7.55. The van der Waals surface area contributed by atoms with Gasteiger partial charge in [0.05, 0.1) is 17.8 Å². The predicted molar refractivity (Wildman–Crippen MR) is 100 cm³/mol. The third-order valence-electron chi connectivity index (χ3n) is 3.79. The zero-order valence-corrected chi connectivity index (χ0v) is 15.3. The van der Waals surface area contributed by atoms with E-state index in [1.54, 1.807) is 12.1 Å². The van der Waals surface area contributed by atoms with Crippen LogP contribution in [0.5, 0.6) is 11.5 Å². The lowest BCUT2D eigenvalue weighted by Gasteiger charge is -2.26. The molecule has 0 unspecified atom stereocenters. The van der Waals surface area contributed by atoms with Crippen molar-refractivity contribution in [3.63, 3.8) is 0 Å².